The van der Waals surface area contributed by atoms with Gasteiger partial charge in [-0.05, 0) is 41.7 Å². The number of allylic oxidation sites excluding steroid dienone is 2. The summed E-state index contributed by atoms with van der Waals surface area (Å²) >= 11 is 6.18. The van der Waals surface area contributed by atoms with E-state index in [1.807, 2.05) is 18.2 Å². The number of hydrogen-bond acceptors (Lipinski definition) is 2. The maximum Gasteiger partial charge on any atom is 0.234 e. The lowest BCUT2D eigenvalue weighted by molar-refractivity contribution is -0.141. The van der Waals surface area contributed by atoms with Crippen LogP contribution in [0.1, 0.15) is 18.4 Å². The molecule has 0 N–H and O–H groups in total. The zero-order chi connectivity index (χ0) is 15.1. The molecular weight excluding hydrogens is 298 g/mol. The fourth-order valence-electron chi connectivity index (χ4n) is 5.09. The number of carbonyl (C=O) groups is 2. The van der Waals surface area contributed by atoms with Gasteiger partial charge in [0.15, 0.2) is 0 Å². The summed E-state index contributed by atoms with van der Waals surface area (Å²) in [5.41, 5.74) is 1.10. The average molecular weight is 314 g/mol. The standard InChI is InChI=1S/C18H16ClNO2/c19-13-4-2-1-3-10(13)9-20-16(21)14-11-5-6-12(15(14)17(20)22)18(11)7-8-18/h1-6,11-12,14-15H,7-9H2/t11-,12-,14-,15-/m1/s1. The minimum Gasteiger partial charge on any atom is -0.278 e. The first-order valence-electron chi connectivity index (χ1n) is 7.90. The molecule has 2 amide bonds. The Hall–Kier alpha value is -1.61. The summed E-state index contributed by atoms with van der Waals surface area (Å²) in [5.74, 6) is 0.362. The van der Waals surface area contributed by atoms with Gasteiger partial charge in [0.25, 0.3) is 0 Å². The van der Waals surface area contributed by atoms with Gasteiger partial charge in [0.1, 0.15) is 0 Å². The van der Waals surface area contributed by atoms with Crippen LogP contribution in [0.3, 0.4) is 0 Å². The third-order valence-corrected chi connectivity index (χ3v) is 6.60. The van der Waals surface area contributed by atoms with Gasteiger partial charge in [-0.25, -0.2) is 0 Å². The lowest BCUT2D eigenvalue weighted by Crippen LogP contribution is -2.34. The van der Waals surface area contributed by atoms with Crippen LogP contribution in [0, 0.1) is 29.1 Å². The van der Waals surface area contributed by atoms with Gasteiger partial charge in [0.05, 0.1) is 18.4 Å². The van der Waals surface area contributed by atoms with Gasteiger partial charge in [-0.3, -0.25) is 14.5 Å². The highest BCUT2D eigenvalue weighted by molar-refractivity contribution is 6.31. The van der Waals surface area contributed by atoms with E-state index in [2.05, 4.69) is 12.2 Å². The fourth-order valence-corrected chi connectivity index (χ4v) is 5.29. The molecule has 2 saturated carbocycles. The molecule has 1 aliphatic heterocycles. The van der Waals surface area contributed by atoms with Crippen molar-refractivity contribution in [1.29, 1.82) is 0 Å². The Labute approximate surface area is 133 Å². The molecule has 22 heavy (non-hydrogen) atoms. The van der Waals surface area contributed by atoms with Gasteiger partial charge in [0, 0.05) is 5.02 Å². The molecule has 3 fully saturated rings. The normalized spacial score (nSPS) is 36.5. The van der Waals surface area contributed by atoms with Crippen molar-refractivity contribution in [3.8, 4) is 0 Å². The summed E-state index contributed by atoms with van der Waals surface area (Å²) in [7, 11) is 0. The maximum absolute atomic E-state index is 12.8. The zero-order valence-electron chi connectivity index (χ0n) is 12.0. The van der Waals surface area contributed by atoms with Crippen LogP contribution in [0.25, 0.3) is 0 Å². The number of benzene rings is 1. The SMILES string of the molecule is O=C1[C@H]2[C@H](C(=O)N1Cc1ccccc1Cl)[C@H]1C=C[C@H]2C12CC2. The van der Waals surface area contributed by atoms with Crippen molar-refractivity contribution in [2.45, 2.75) is 19.4 Å². The summed E-state index contributed by atoms with van der Waals surface area (Å²) in [5, 5.41) is 0.611. The predicted octanol–water partition coefficient (Wildman–Crippen LogP) is 3.04. The Kier molecular flexibility index (Phi) is 2.35. The van der Waals surface area contributed by atoms with Gasteiger partial charge in [-0.2, -0.15) is 0 Å². The number of fused-ring (bicyclic) bond motifs is 3. The third kappa shape index (κ3) is 1.38. The summed E-state index contributed by atoms with van der Waals surface area (Å²) < 4.78 is 0. The second-order valence-corrected chi connectivity index (χ2v) is 7.48. The first-order valence-corrected chi connectivity index (χ1v) is 8.28. The van der Waals surface area contributed by atoms with E-state index in [4.69, 9.17) is 11.6 Å². The van der Waals surface area contributed by atoms with Crippen molar-refractivity contribution in [2.24, 2.45) is 29.1 Å². The lowest BCUT2D eigenvalue weighted by atomic mass is 9.85. The van der Waals surface area contributed by atoms with Crippen molar-refractivity contribution in [3.05, 3.63) is 47.0 Å². The van der Waals surface area contributed by atoms with Crippen molar-refractivity contribution >= 4 is 23.4 Å². The molecule has 3 nitrogen and oxygen atoms in total. The number of imide groups is 1. The molecular formula is C18H16ClNO2. The van der Waals surface area contributed by atoms with E-state index < -0.39 is 0 Å². The van der Waals surface area contributed by atoms with Gasteiger partial charge >= 0.3 is 0 Å². The van der Waals surface area contributed by atoms with E-state index in [1.54, 1.807) is 6.07 Å². The Morgan fingerprint density at radius 2 is 1.64 bits per heavy atom. The minimum absolute atomic E-state index is 0.0121. The number of halogens is 1. The number of carbonyl (C=O) groups excluding carboxylic acids is 2. The van der Waals surface area contributed by atoms with E-state index in [0.717, 1.165) is 5.56 Å². The van der Waals surface area contributed by atoms with Gasteiger partial charge in [0.2, 0.25) is 11.8 Å². The smallest absolute Gasteiger partial charge is 0.234 e. The Balaban J connectivity index is 1.48. The van der Waals surface area contributed by atoms with E-state index in [0.29, 0.717) is 11.6 Å². The molecule has 4 atom stereocenters. The largest absolute Gasteiger partial charge is 0.278 e. The molecule has 0 radical (unpaired) electrons. The number of hydrogen-bond donors (Lipinski definition) is 0. The molecule has 1 aromatic carbocycles. The molecule has 1 heterocycles. The van der Waals surface area contributed by atoms with E-state index >= 15 is 0 Å². The number of amides is 2. The van der Waals surface area contributed by atoms with Crippen molar-refractivity contribution in [3.63, 3.8) is 0 Å². The highest BCUT2D eigenvalue weighted by Crippen LogP contribution is 2.73. The lowest BCUT2D eigenvalue weighted by Gasteiger charge is -2.22. The topological polar surface area (TPSA) is 37.4 Å². The van der Waals surface area contributed by atoms with Crippen LogP contribution < -0.4 is 0 Å². The minimum atomic E-state index is -0.118. The zero-order valence-corrected chi connectivity index (χ0v) is 12.8. The molecule has 1 spiro atoms. The quantitative estimate of drug-likeness (QED) is 0.621. The van der Waals surface area contributed by atoms with Gasteiger partial charge < -0.3 is 0 Å². The molecule has 0 aromatic heterocycles. The highest BCUT2D eigenvalue weighted by Gasteiger charge is 2.73. The second kappa shape index (κ2) is 4.02. The number of nitrogens with zero attached hydrogens (tertiary/aromatic N) is 1. The average Bonchev–Trinajstić information content (AvgIpc) is 3.12. The number of rotatable bonds is 2. The van der Waals surface area contributed by atoms with Crippen LogP contribution in [-0.2, 0) is 16.1 Å². The first kappa shape index (κ1) is 12.9. The van der Waals surface area contributed by atoms with Crippen LogP contribution in [0.5, 0.6) is 0 Å². The van der Waals surface area contributed by atoms with Gasteiger partial charge in [-0.1, -0.05) is 42.0 Å². The molecule has 5 rings (SSSR count). The van der Waals surface area contributed by atoms with Crippen LogP contribution in [-0.4, -0.2) is 16.7 Å². The van der Waals surface area contributed by atoms with E-state index in [1.165, 1.54) is 17.7 Å². The summed E-state index contributed by atoms with van der Waals surface area (Å²) in [4.78, 5) is 27.1. The van der Waals surface area contributed by atoms with Crippen molar-refractivity contribution in [2.75, 3.05) is 0 Å². The van der Waals surface area contributed by atoms with Crippen LogP contribution >= 0.6 is 11.6 Å². The monoisotopic (exact) mass is 313 g/mol. The highest BCUT2D eigenvalue weighted by atomic mass is 35.5. The maximum atomic E-state index is 12.8. The fraction of sp³-hybridized carbons (Fsp3) is 0.444. The summed E-state index contributed by atoms with van der Waals surface area (Å²) in [6, 6.07) is 7.42. The number of likely N-dealkylation sites (tertiary alicyclic amines) is 1. The van der Waals surface area contributed by atoms with E-state index in [-0.39, 0.29) is 40.9 Å². The van der Waals surface area contributed by atoms with Crippen molar-refractivity contribution < 1.29 is 9.59 Å². The van der Waals surface area contributed by atoms with Gasteiger partial charge in [-0.15, -0.1) is 0 Å². The van der Waals surface area contributed by atoms with Crippen LogP contribution in [0.15, 0.2) is 36.4 Å². The third-order valence-electron chi connectivity index (χ3n) is 6.23. The molecule has 112 valence electrons. The molecule has 4 aliphatic rings. The first-order chi connectivity index (χ1) is 10.6. The summed E-state index contributed by atoms with van der Waals surface area (Å²) in [6.07, 6.45) is 6.74. The van der Waals surface area contributed by atoms with Crippen LogP contribution in [0.4, 0.5) is 0 Å². The Morgan fingerprint density at radius 1 is 1.05 bits per heavy atom. The van der Waals surface area contributed by atoms with Crippen LogP contribution in [0.2, 0.25) is 5.02 Å². The summed E-state index contributed by atoms with van der Waals surface area (Å²) in [6.45, 7) is 0.302. The molecule has 1 saturated heterocycles. The van der Waals surface area contributed by atoms with Crippen molar-refractivity contribution in [1.82, 2.24) is 4.90 Å². The Morgan fingerprint density at radius 3 is 2.18 bits per heavy atom. The molecule has 2 bridgehead atoms. The second-order valence-electron chi connectivity index (χ2n) is 7.08. The molecule has 4 heteroatoms. The predicted molar refractivity (Wildman–Crippen MR) is 81.8 cm³/mol. The Bertz CT molecular complexity index is 702. The molecule has 1 aromatic rings. The molecule has 0 unspecified atom stereocenters. The van der Waals surface area contributed by atoms with E-state index in [9.17, 15) is 9.59 Å². The molecule has 3 aliphatic carbocycles.